The van der Waals surface area contributed by atoms with Crippen LogP contribution in [-0.4, -0.2) is 31.1 Å². The minimum atomic E-state index is 0.745. The lowest BCUT2D eigenvalue weighted by Crippen LogP contribution is -2.10. The molecule has 0 atom stereocenters. The van der Waals surface area contributed by atoms with Crippen LogP contribution >= 0.6 is 0 Å². The second kappa shape index (κ2) is 5.24. The van der Waals surface area contributed by atoms with Crippen molar-refractivity contribution in [2.75, 3.05) is 11.9 Å². The van der Waals surface area contributed by atoms with E-state index in [9.17, 15) is 0 Å². The highest BCUT2D eigenvalue weighted by Crippen LogP contribution is 2.09. The first-order valence-electron chi connectivity index (χ1n) is 6.57. The molecule has 102 valence electrons. The maximum absolute atomic E-state index is 4.44. The van der Waals surface area contributed by atoms with Crippen LogP contribution in [0, 0.1) is 13.8 Å². The summed E-state index contributed by atoms with van der Waals surface area (Å²) in [6.07, 6.45) is 4.52. The Labute approximate surface area is 116 Å². The molecule has 3 aromatic rings. The number of hydrogen-bond donors (Lipinski definition) is 1. The van der Waals surface area contributed by atoms with Crippen molar-refractivity contribution in [2.24, 2.45) is 0 Å². The maximum Gasteiger partial charge on any atom is 0.160 e. The molecule has 0 fully saturated rings. The van der Waals surface area contributed by atoms with E-state index in [-0.39, 0.29) is 0 Å². The second-order valence-corrected chi connectivity index (χ2v) is 4.67. The zero-order valence-corrected chi connectivity index (χ0v) is 11.5. The molecule has 3 heterocycles. The number of aryl methyl sites for hydroxylation is 2. The van der Waals surface area contributed by atoms with Crippen molar-refractivity contribution in [3.05, 3.63) is 47.8 Å². The Morgan fingerprint density at radius 3 is 3.00 bits per heavy atom. The normalized spacial score (nSPS) is 10.9. The highest BCUT2D eigenvalue weighted by atomic mass is 15.2. The van der Waals surface area contributed by atoms with Gasteiger partial charge in [0.25, 0.3) is 0 Å². The number of fused-ring (bicyclic) bond motifs is 1. The van der Waals surface area contributed by atoms with Gasteiger partial charge < -0.3 is 5.32 Å². The Morgan fingerprint density at radius 1 is 1.20 bits per heavy atom. The molecule has 0 bridgehead atoms. The van der Waals surface area contributed by atoms with E-state index in [0.29, 0.717) is 0 Å². The van der Waals surface area contributed by atoms with Crippen molar-refractivity contribution in [2.45, 2.75) is 20.3 Å². The number of aromatic nitrogens is 5. The molecule has 0 aliphatic heterocycles. The molecule has 6 nitrogen and oxygen atoms in total. The van der Waals surface area contributed by atoms with Gasteiger partial charge in [-0.3, -0.25) is 9.38 Å². The van der Waals surface area contributed by atoms with E-state index in [1.807, 2.05) is 42.6 Å². The largest absolute Gasteiger partial charge is 0.368 e. The van der Waals surface area contributed by atoms with Gasteiger partial charge in [0.2, 0.25) is 0 Å². The number of nitrogens with one attached hydrogen (secondary N) is 1. The quantitative estimate of drug-likeness (QED) is 0.781. The summed E-state index contributed by atoms with van der Waals surface area (Å²) < 4.78 is 2.00. The maximum atomic E-state index is 4.44. The summed E-state index contributed by atoms with van der Waals surface area (Å²) in [6.45, 7) is 4.62. The summed E-state index contributed by atoms with van der Waals surface area (Å²) in [6, 6.07) is 5.88. The lowest BCUT2D eigenvalue weighted by Gasteiger charge is -2.07. The standard InChI is InChI=1S/C14H16N6/c1-10-9-16-11(2)14(17-10)15-7-6-13-19-18-12-5-3-4-8-20(12)13/h3-5,8-9H,6-7H2,1-2H3,(H,15,17). The zero-order valence-electron chi connectivity index (χ0n) is 11.5. The van der Waals surface area contributed by atoms with E-state index in [1.54, 1.807) is 6.20 Å². The van der Waals surface area contributed by atoms with Gasteiger partial charge in [-0.15, -0.1) is 10.2 Å². The van der Waals surface area contributed by atoms with E-state index in [4.69, 9.17) is 0 Å². The van der Waals surface area contributed by atoms with Gasteiger partial charge in [0.15, 0.2) is 5.65 Å². The molecule has 1 N–H and O–H groups in total. The summed E-state index contributed by atoms with van der Waals surface area (Å²) in [5.41, 5.74) is 2.68. The summed E-state index contributed by atoms with van der Waals surface area (Å²) in [5.74, 6) is 1.77. The second-order valence-electron chi connectivity index (χ2n) is 4.67. The third kappa shape index (κ3) is 2.45. The van der Waals surface area contributed by atoms with Gasteiger partial charge in [-0.1, -0.05) is 6.07 Å². The summed E-state index contributed by atoms with van der Waals surface area (Å²) in [7, 11) is 0. The predicted octanol–water partition coefficient (Wildman–Crippen LogP) is 1.79. The van der Waals surface area contributed by atoms with Crippen molar-refractivity contribution in [3.8, 4) is 0 Å². The highest BCUT2D eigenvalue weighted by Gasteiger charge is 2.05. The number of pyridine rings is 1. The third-order valence-corrected chi connectivity index (χ3v) is 3.10. The minimum absolute atomic E-state index is 0.745. The molecular weight excluding hydrogens is 252 g/mol. The zero-order chi connectivity index (χ0) is 13.9. The fraction of sp³-hybridized carbons (Fsp3) is 0.286. The van der Waals surface area contributed by atoms with Crippen molar-refractivity contribution < 1.29 is 0 Å². The lowest BCUT2D eigenvalue weighted by molar-refractivity contribution is 0.863. The fourth-order valence-electron chi connectivity index (χ4n) is 2.06. The highest BCUT2D eigenvalue weighted by molar-refractivity contribution is 5.40. The SMILES string of the molecule is Cc1cnc(C)c(NCCc2nnc3ccccn23)n1. The molecule has 20 heavy (non-hydrogen) atoms. The van der Waals surface area contributed by atoms with Crippen LogP contribution in [0.4, 0.5) is 5.82 Å². The molecule has 0 aromatic carbocycles. The molecule has 0 saturated carbocycles. The van der Waals surface area contributed by atoms with Crippen molar-refractivity contribution in [3.63, 3.8) is 0 Å². The average Bonchev–Trinajstić information content (AvgIpc) is 2.86. The topological polar surface area (TPSA) is 68.0 Å². The number of anilines is 1. The van der Waals surface area contributed by atoms with Gasteiger partial charge in [-0.05, 0) is 26.0 Å². The van der Waals surface area contributed by atoms with Gasteiger partial charge in [0, 0.05) is 25.4 Å². The minimum Gasteiger partial charge on any atom is -0.368 e. The van der Waals surface area contributed by atoms with Gasteiger partial charge >= 0.3 is 0 Å². The molecule has 3 aromatic heterocycles. The van der Waals surface area contributed by atoms with Crippen LogP contribution in [-0.2, 0) is 6.42 Å². The van der Waals surface area contributed by atoms with Crippen LogP contribution in [0.3, 0.4) is 0 Å². The van der Waals surface area contributed by atoms with Gasteiger partial charge in [-0.25, -0.2) is 4.98 Å². The van der Waals surface area contributed by atoms with Crippen molar-refractivity contribution >= 4 is 11.5 Å². The van der Waals surface area contributed by atoms with Crippen LogP contribution in [0.15, 0.2) is 30.6 Å². The van der Waals surface area contributed by atoms with E-state index in [0.717, 1.165) is 41.6 Å². The van der Waals surface area contributed by atoms with Crippen LogP contribution in [0.2, 0.25) is 0 Å². The van der Waals surface area contributed by atoms with Crippen LogP contribution < -0.4 is 5.32 Å². The number of nitrogens with zero attached hydrogens (tertiary/aromatic N) is 5. The third-order valence-electron chi connectivity index (χ3n) is 3.10. The first kappa shape index (κ1) is 12.5. The molecule has 0 unspecified atom stereocenters. The summed E-state index contributed by atoms with van der Waals surface area (Å²) in [4.78, 5) is 8.72. The van der Waals surface area contributed by atoms with Crippen molar-refractivity contribution in [1.29, 1.82) is 0 Å². The number of hydrogen-bond acceptors (Lipinski definition) is 5. The average molecular weight is 268 g/mol. The Balaban J connectivity index is 1.69. The van der Waals surface area contributed by atoms with Gasteiger partial charge in [0.1, 0.15) is 11.6 Å². The Hall–Kier alpha value is -2.50. The van der Waals surface area contributed by atoms with Gasteiger partial charge in [0.05, 0.1) is 11.4 Å². The monoisotopic (exact) mass is 268 g/mol. The van der Waals surface area contributed by atoms with E-state index < -0.39 is 0 Å². The molecule has 0 amide bonds. The molecule has 0 saturated heterocycles. The lowest BCUT2D eigenvalue weighted by atomic mass is 10.3. The molecule has 0 spiro atoms. The van der Waals surface area contributed by atoms with Crippen LogP contribution in [0.25, 0.3) is 5.65 Å². The molecule has 0 aliphatic rings. The fourth-order valence-corrected chi connectivity index (χ4v) is 2.06. The van der Waals surface area contributed by atoms with Crippen LogP contribution in [0.1, 0.15) is 17.2 Å². The summed E-state index contributed by atoms with van der Waals surface area (Å²) >= 11 is 0. The van der Waals surface area contributed by atoms with E-state index in [1.165, 1.54) is 0 Å². The molecular formula is C14H16N6. The predicted molar refractivity (Wildman–Crippen MR) is 76.7 cm³/mol. The number of rotatable bonds is 4. The Bertz CT molecular complexity index is 733. The van der Waals surface area contributed by atoms with E-state index >= 15 is 0 Å². The molecule has 0 radical (unpaired) electrons. The Kier molecular flexibility index (Phi) is 3.28. The molecule has 3 rings (SSSR count). The first-order chi connectivity index (χ1) is 9.74. The molecule has 6 heteroatoms. The molecule has 0 aliphatic carbocycles. The Morgan fingerprint density at radius 2 is 2.10 bits per heavy atom. The summed E-state index contributed by atoms with van der Waals surface area (Å²) in [5, 5.41) is 11.6. The smallest absolute Gasteiger partial charge is 0.160 e. The van der Waals surface area contributed by atoms with Crippen molar-refractivity contribution in [1.82, 2.24) is 24.6 Å². The van der Waals surface area contributed by atoms with Gasteiger partial charge in [-0.2, -0.15) is 0 Å². The first-order valence-corrected chi connectivity index (χ1v) is 6.57. The van der Waals surface area contributed by atoms with E-state index in [2.05, 4.69) is 25.5 Å². The van der Waals surface area contributed by atoms with Crippen LogP contribution in [0.5, 0.6) is 0 Å².